The highest BCUT2D eigenvalue weighted by molar-refractivity contribution is 5.73. The molecule has 0 radical (unpaired) electrons. The van der Waals surface area contributed by atoms with Gasteiger partial charge in [0.2, 0.25) is 5.95 Å². The van der Waals surface area contributed by atoms with Gasteiger partial charge in [-0.05, 0) is 129 Å². The van der Waals surface area contributed by atoms with Gasteiger partial charge in [-0.2, -0.15) is 0 Å². The SMILES string of the molecule is C=C(C)OC(=O)N(CCCNC(=O)OC(C)(C)C)Cc1cc(-c2ccnc(Nc3ccc(N4CCOCC4)c(CN4CCC(C(=O)OC(C)(C)C)CC4)c3)n2)ccc1OC. The summed E-state index contributed by atoms with van der Waals surface area (Å²) < 4.78 is 27.8. The normalized spacial score (nSPS) is 15.2. The molecule has 0 saturated carbocycles. The van der Waals surface area contributed by atoms with Crippen LogP contribution in [0.4, 0.5) is 26.9 Å². The van der Waals surface area contributed by atoms with E-state index in [1.807, 2.05) is 51.1 Å². The topological polar surface area (TPSA) is 157 Å². The van der Waals surface area contributed by atoms with E-state index in [0.29, 0.717) is 43.6 Å². The number of amides is 2. The van der Waals surface area contributed by atoms with E-state index in [4.69, 9.17) is 28.7 Å². The fourth-order valence-electron chi connectivity index (χ4n) is 7.05. The van der Waals surface area contributed by atoms with Crippen molar-refractivity contribution < 1.29 is 38.1 Å². The first-order chi connectivity index (χ1) is 28.5. The number of piperidine rings is 1. The molecule has 2 fully saturated rings. The van der Waals surface area contributed by atoms with Gasteiger partial charge in [0, 0.05) is 61.4 Å². The molecule has 60 heavy (non-hydrogen) atoms. The predicted molar refractivity (Wildman–Crippen MR) is 231 cm³/mol. The lowest BCUT2D eigenvalue weighted by Gasteiger charge is -2.35. The van der Waals surface area contributed by atoms with Crippen molar-refractivity contribution in [3.05, 3.63) is 72.1 Å². The number of likely N-dealkylation sites (tertiary alicyclic amines) is 1. The van der Waals surface area contributed by atoms with Crippen molar-refractivity contribution in [2.45, 2.75) is 92.0 Å². The maximum atomic E-state index is 13.2. The zero-order chi connectivity index (χ0) is 43.5. The second kappa shape index (κ2) is 20.7. The minimum absolute atomic E-state index is 0.0878. The number of hydrogen-bond acceptors (Lipinski definition) is 13. The maximum Gasteiger partial charge on any atom is 0.415 e. The molecule has 2 N–H and O–H groups in total. The van der Waals surface area contributed by atoms with E-state index >= 15 is 0 Å². The van der Waals surface area contributed by atoms with Gasteiger partial charge in [-0.1, -0.05) is 6.58 Å². The Balaban J connectivity index is 1.31. The molecule has 15 heteroatoms. The molecule has 2 aliphatic rings. The quantitative estimate of drug-likeness (QED) is 0.0667. The Hall–Kier alpha value is -5.41. The third-order valence-electron chi connectivity index (χ3n) is 9.79. The molecule has 0 atom stereocenters. The largest absolute Gasteiger partial charge is 0.496 e. The molecule has 3 heterocycles. The number of carbonyl (C=O) groups is 3. The molecule has 2 aliphatic heterocycles. The average molecular weight is 830 g/mol. The number of rotatable bonds is 15. The number of alkyl carbamates (subject to hydrolysis) is 1. The lowest BCUT2D eigenvalue weighted by atomic mass is 9.96. The number of ether oxygens (including phenoxy) is 5. The van der Waals surface area contributed by atoms with E-state index in [1.165, 1.54) is 11.3 Å². The molecule has 2 saturated heterocycles. The van der Waals surface area contributed by atoms with Gasteiger partial charge in [0.05, 0.1) is 44.2 Å². The van der Waals surface area contributed by atoms with Gasteiger partial charge >= 0.3 is 18.2 Å². The van der Waals surface area contributed by atoms with Crippen molar-refractivity contribution in [3.8, 4) is 17.0 Å². The van der Waals surface area contributed by atoms with Gasteiger partial charge in [-0.25, -0.2) is 19.6 Å². The van der Waals surface area contributed by atoms with Crippen LogP contribution in [-0.4, -0.2) is 109 Å². The smallest absolute Gasteiger partial charge is 0.415 e. The summed E-state index contributed by atoms with van der Waals surface area (Å²) in [5, 5.41) is 6.17. The van der Waals surface area contributed by atoms with Crippen molar-refractivity contribution >= 4 is 35.5 Å². The molecule has 3 aromatic rings. The van der Waals surface area contributed by atoms with Gasteiger partial charge in [0.25, 0.3) is 0 Å². The molecule has 0 spiro atoms. The molecule has 0 aliphatic carbocycles. The molecule has 2 amide bonds. The van der Waals surface area contributed by atoms with E-state index in [1.54, 1.807) is 45.9 Å². The second-order valence-electron chi connectivity index (χ2n) is 17.2. The highest BCUT2D eigenvalue weighted by Gasteiger charge is 2.30. The van der Waals surface area contributed by atoms with Crippen LogP contribution in [0.2, 0.25) is 0 Å². The van der Waals surface area contributed by atoms with Crippen LogP contribution in [0, 0.1) is 5.92 Å². The van der Waals surface area contributed by atoms with Crippen LogP contribution < -0.4 is 20.3 Å². The van der Waals surface area contributed by atoms with Gasteiger partial charge in [-0.3, -0.25) is 9.69 Å². The van der Waals surface area contributed by atoms with Crippen molar-refractivity contribution in [1.29, 1.82) is 0 Å². The standard InChI is InChI=1S/C45H63N7O8/c1-31(2)58-43(55)52(20-10-18-47-42(54)60-45(6,7)8)30-35-27-33(11-14-39(35)56-9)37-15-19-46-41(49-37)48-36-12-13-38(51-23-25-57-26-24-51)34(28-36)29-50-21-16-32(17-22-50)40(53)59-44(3,4)5/h11-15,19,27-28,32H,1,10,16-18,20-26,29-30H2,2-9H3,(H,47,54)(H,46,48,49). The summed E-state index contributed by atoms with van der Waals surface area (Å²) in [4.78, 5) is 53.9. The van der Waals surface area contributed by atoms with Crippen LogP contribution in [0.5, 0.6) is 5.75 Å². The monoisotopic (exact) mass is 829 g/mol. The molecule has 5 rings (SSSR count). The first kappa shape index (κ1) is 45.7. The van der Waals surface area contributed by atoms with Crippen LogP contribution in [0.1, 0.15) is 78.9 Å². The van der Waals surface area contributed by atoms with E-state index < -0.39 is 23.4 Å². The van der Waals surface area contributed by atoms with Crippen LogP contribution in [-0.2, 0) is 36.8 Å². The summed E-state index contributed by atoms with van der Waals surface area (Å²) in [5.74, 6) is 1.09. The number of nitrogens with one attached hydrogen (secondary N) is 2. The summed E-state index contributed by atoms with van der Waals surface area (Å²) >= 11 is 0. The molecular formula is C45H63N7O8. The Morgan fingerprint density at radius 2 is 1.65 bits per heavy atom. The number of aromatic nitrogens is 2. The van der Waals surface area contributed by atoms with Crippen LogP contribution in [0.15, 0.2) is 61.0 Å². The molecule has 0 unspecified atom stereocenters. The maximum absolute atomic E-state index is 13.2. The number of hydrogen-bond donors (Lipinski definition) is 2. The van der Waals surface area contributed by atoms with E-state index in [2.05, 4.69) is 44.1 Å². The molecule has 2 aromatic carbocycles. The number of nitrogens with zero attached hydrogens (tertiary/aromatic N) is 5. The first-order valence-electron chi connectivity index (χ1n) is 20.7. The van der Waals surface area contributed by atoms with Crippen LogP contribution in [0.3, 0.4) is 0 Å². The van der Waals surface area contributed by atoms with Crippen molar-refractivity contribution in [3.63, 3.8) is 0 Å². The number of esters is 1. The zero-order valence-corrected chi connectivity index (χ0v) is 36.6. The lowest BCUT2D eigenvalue weighted by molar-refractivity contribution is -0.161. The number of benzene rings is 2. The van der Waals surface area contributed by atoms with Crippen molar-refractivity contribution in [1.82, 2.24) is 25.1 Å². The number of anilines is 3. The highest BCUT2D eigenvalue weighted by Crippen LogP contribution is 2.32. The zero-order valence-electron chi connectivity index (χ0n) is 36.6. The Bertz CT molecular complexity index is 1950. The molecular weight excluding hydrogens is 767 g/mol. The van der Waals surface area contributed by atoms with E-state index in [-0.39, 0.29) is 30.7 Å². The van der Waals surface area contributed by atoms with Gasteiger partial charge in [-0.15, -0.1) is 0 Å². The third-order valence-corrected chi connectivity index (χ3v) is 9.79. The Kier molecular flexibility index (Phi) is 15.8. The Labute approximate surface area is 354 Å². The third kappa shape index (κ3) is 14.1. The summed E-state index contributed by atoms with van der Waals surface area (Å²) in [6, 6.07) is 13.9. The molecule has 326 valence electrons. The molecule has 1 aromatic heterocycles. The van der Waals surface area contributed by atoms with Crippen LogP contribution >= 0.6 is 0 Å². The van der Waals surface area contributed by atoms with E-state index in [9.17, 15) is 14.4 Å². The first-order valence-corrected chi connectivity index (χ1v) is 20.7. The van der Waals surface area contributed by atoms with E-state index in [0.717, 1.165) is 62.4 Å². The summed E-state index contributed by atoms with van der Waals surface area (Å²) in [5.41, 5.74) is 4.29. The number of methoxy groups -OCH3 is 1. The predicted octanol–water partition coefficient (Wildman–Crippen LogP) is 7.67. The minimum atomic E-state index is -0.618. The molecule has 0 bridgehead atoms. The summed E-state index contributed by atoms with van der Waals surface area (Å²) in [7, 11) is 1.58. The van der Waals surface area contributed by atoms with Crippen molar-refractivity contribution in [2.75, 3.05) is 69.8 Å². The summed E-state index contributed by atoms with van der Waals surface area (Å²) in [6.07, 6.45) is 2.60. The van der Waals surface area contributed by atoms with Crippen molar-refractivity contribution in [2.24, 2.45) is 5.92 Å². The second-order valence-corrected chi connectivity index (χ2v) is 17.2. The lowest BCUT2D eigenvalue weighted by Crippen LogP contribution is -2.39. The number of morpholine rings is 1. The van der Waals surface area contributed by atoms with Gasteiger partial charge < -0.3 is 44.1 Å². The minimum Gasteiger partial charge on any atom is -0.496 e. The number of carbonyl (C=O) groups excluding carboxylic acids is 3. The van der Waals surface area contributed by atoms with Crippen LogP contribution in [0.25, 0.3) is 11.3 Å². The fourth-order valence-corrected chi connectivity index (χ4v) is 7.05. The van der Waals surface area contributed by atoms with Gasteiger partial charge in [0.1, 0.15) is 17.0 Å². The molecule has 15 nitrogen and oxygen atoms in total. The Morgan fingerprint density at radius 1 is 0.933 bits per heavy atom. The fraction of sp³-hybridized carbons (Fsp3) is 0.533. The summed E-state index contributed by atoms with van der Waals surface area (Å²) in [6.45, 7) is 22.5. The van der Waals surface area contributed by atoms with Gasteiger partial charge in [0.15, 0.2) is 0 Å². The highest BCUT2D eigenvalue weighted by atomic mass is 16.6. The Morgan fingerprint density at radius 3 is 2.32 bits per heavy atom. The number of allylic oxidation sites excluding steroid dienone is 1. The average Bonchev–Trinajstić information content (AvgIpc) is 3.18.